The molecule has 0 radical (unpaired) electrons. The SMILES string of the molecule is CCc1cc(OC(C)C)c(OC2CC2)cn1. The fourth-order valence-corrected chi connectivity index (χ4v) is 1.46. The van der Waals surface area contributed by atoms with Crippen molar-refractivity contribution in [2.24, 2.45) is 0 Å². The Morgan fingerprint density at radius 2 is 2.12 bits per heavy atom. The smallest absolute Gasteiger partial charge is 0.179 e. The Bertz CT molecular complexity index is 359. The molecule has 0 N–H and O–H groups in total. The topological polar surface area (TPSA) is 31.4 Å². The molecule has 0 aromatic carbocycles. The Balaban J connectivity index is 2.18. The predicted octanol–water partition coefficient (Wildman–Crippen LogP) is 2.97. The van der Waals surface area contributed by atoms with Gasteiger partial charge in [0.05, 0.1) is 18.4 Å². The van der Waals surface area contributed by atoms with E-state index in [0.29, 0.717) is 6.10 Å². The van der Waals surface area contributed by atoms with E-state index in [1.54, 1.807) is 6.20 Å². The highest BCUT2D eigenvalue weighted by Gasteiger charge is 2.25. The van der Waals surface area contributed by atoms with Crippen molar-refractivity contribution in [3.8, 4) is 11.5 Å². The van der Waals surface area contributed by atoms with Crippen LogP contribution in [0.15, 0.2) is 12.3 Å². The Morgan fingerprint density at radius 1 is 1.38 bits per heavy atom. The summed E-state index contributed by atoms with van der Waals surface area (Å²) >= 11 is 0. The molecular formula is C13H19NO2. The van der Waals surface area contributed by atoms with Crippen LogP contribution in [0.5, 0.6) is 11.5 Å². The molecule has 1 aromatic rings. The van der Waals surface area contributed by atoms with Crippen LogP contribution in [0.2, 0.25) is 0 Å². The van der Waals surface area contributed by atoms with Crippen molar-refractivity contribution in [2.75, 3.05) is 0 Å². The zero-order valence-corrected chi connectivity index (χ0v) is 10.2. The summed E-state index contributed by atoms with van der Waals surface area (Å²) in [6.45, 7) is 6.13. The van der Waals surface area contributed by atoms with E-state index in [-0.39, 0.29) is 6.10 Å². The van der Waals surface area contributed by atoms with Crippen LogP contribution in [0.3, 0.4) is 0 Å². The number of rotatable bonds is 5. The zero-order chi connectivity index (χ0) is 11.5. The van der Waals surface area contributed by atoms with Crippen molar-refractivity contribution in [3.63, 3.8) is 0 Å². The third-order valence-electron chi connectivity index (χ3n) is 2.43. The molecule has 1 heterocycles. The summed E-state index contributed by atoms with van der Waals surface area (Å²) in [5, 5.41) is 0. The van der Waals surface area contributed by atoms with E-state index in [0.717, 1.165) is 36.5 Å². The quantitative estimate of drug-likeness (QED) is 0.766. The molecule has 0 spiro atoms. The van der Waals surface area contributed by atoms with E-state index >= 15 is 0 Å². The Kier molecular flexibility index (Phi) is 3.32. The van der Waals surface area contributed by atoms with Gasteiger partial charge in [0.15, 0.2) is 11.5 Å². The number of pyridine rings is 1. The lowest BCUT2D eigenvalue weighted by Gasteiger charge is -2.15. The molecule has 1 fully saturated rings. The Hall–Kier alpha value is -1.25. The third-order valence-corrected chi connectivity index (χ3v) is 2.43. The number of ether oxygens (including phenoxy) is 2. The van der Waals surface area contributed by atoms with Crippen molar-refractivity contribution in [2.45, 2.75) is 52.2 Å². The van der Waals surface area contributed by atoms with Gasteiger partial charge in [-0.25, -0.2) is 0 Å². The summed E-state index contributed by atoms with van der Waals surface area (Å²) in [7, 11) is 0. The van der Waals surface area contributed by atoms with Gasteiger partial charge in [-0.1, -0.05) is 6.92 Å². The molecule has 0 aliphatic heterocycles. The molecule has 1 aliphatic rings. The molecule has 0 atom stereocenters. The summed E-state index contributed by atoms with van der Waals surface area (Å²) in [6.07, 6.45) is 5.54. The Morgan fingerprint density at radius 3 is 2.69 bits per heavy atom. The van der Waals surface area contributed by atoms with Crippen LogP contribution in [0, 0.1) is 0 Å². The average molecular weight is 221 g/mol. The van der Waals surface area contributed by atoms with Gasteiger partial charge in [-0.2, -0.15) is 0 Å². The van der Waals surface area contributed by atoms with Crippen LogP contribution in [-0.4, -0.2) is 17.2 Å². The molecule has 0 saturated heterocycles. The summed E-state index contributed by atoms with van der Waals surface area (Å²) < 4.78 is 11.5. The number of nitrogens with zero attached hydrogens (tertiary/aromatic N) is 1. The largest absolute Gasteiger partial charge is 0.487 e. The highest BCUT2D eigenvalue weighted by molar-refractivity contribution is 5.39. The molecule has 0 bridgehead atoms. The molecule has 2 rings (SSSR count). The van der Waals surface area contributed by atoms with E-state index < -0.39 is 0 Å². The first-order chi connectivity index (χ1) is 7.69. The first-order valence-electron chi connectivity index (χ1n) is 6.01. The zero-order valence-electron chi connectivity index (χ0n) is 10.2. The summed E-state index contributed by atoms with van der Waals surface area (Å²) in [4.78, 5) is 4.34. The van der Waals surface area contributed by atoms with Crippen molar-refractivity contribution in [1.29, 1.82) is 0 Å². The lowest BCUT2D eigenvalue weighted by molar-refractivity contribution is 0.216. The first kappa shape index (κ1) is 11.2. The van der Waals surface area contributed by atoms with Gasteiger partial charge in [0, 0.05) is 11.8 Å². The molecule has 1 aliphatic carbocycles. The van der Waals surface area contributed by atoms with Gasteiger partial charge in [0.1, 0.15) is 0 Å². The van der Waals surface area contributed by atoms with Crippen molar-refractivity contribution in [1.82, 2.24) is 4.98 Å². The molecule has 3 nitrogen and oxygen atoms in total. The summed E-state index contributed by atoms with van der Waals surface area (Å²) in [5.41, 5.74) is 1.04. The average Bonchev–Trinajstić information content (AvgIpc) is 3.03. The number of aryl methyl sites for hydroxylation is 1. The Labute approximate surface area is 96.8 Å². The minimum absolute atomic E-state index is 0.161. The molecule has 0 amide bonds. The highest BCUT2D eigenvalue weighted by atomic mass is 16.5. The summed E-state index contributed by atoms with van der Waals surface area (Å²) in [5.74, 6) is 1.61. The third kappa shape index (κ3) is 2.87. The normalized spacial score (nSPS) is 15.2. The van der Waals surface area contributed by atoms with Crippen molar-refractivity contribution < 1.29 is 9.47 Å². The minimum atomic E-state index is 0.161. The molecule has 3 heteroatoms. The van der Waals surface area contributed by atoms with Gasteiger partial charge in [0.2, 0.25) is 0 Å². The van der Waals surface area contributed by atoms with E-state index in [1.807, 2.05) is 19.9 Å². The van der Waals surface area contributed by atoms with E-state index in [4.69, 9.17) is 9.47 Å². The maximum absolute atomic E-state index is 5.77. The van der Waals surface area contributed by atoms with Crippen LogP contribution in [-0.2, 0) is 6.42 Å². The minimum Gasteiger partial charge on any atom is -0.487 e. The molecule has 1 saturated carbocycles. The van der Waals surface area contributed by atoms with E-state index in [9.17, 15) is 0 Å². The molecule has 0 unspecified atom stereocenters. The second kappa shape index (κ2) is 4.73. The van der Waals surface area contributed by atoms with Crippen molar-refractivity contribution >= 4 is 0 Å². The van der Waals surface area contributed by atoms with Crippen LogP contribution in [0.25, 0.3) is 0 Å². The van der Waals surface area contributed by atoms with Crippen molar-refractivity contribution in [3.05, 3.63) is 18.0 Å². The van der Waals surface area contributed by atoms with Gasteiger partial charge < -0.3 is 9.47 Å². The number of aromatic nitrogens is 1. The maximum Gasteiger partial charge on any atom is 0.179 e. The number of hydrogen-bond donors (Lipinski definition) is 0. The molecule has 16 heavy (non-hydrogen) atoms. The highest BCUT2D eigenvalue weighted by Crippen LogP contribution is 2.34. The standard InChI is InChI=1S/C13H19NO2/c1-4-10-7-12(15-9(2)3)13(8-14-10)16-11-5-6-11/h7-9,11H,4-6H2,1-3H3. The van der Waals surface area contributed by atoms with E-state index in [2.05, 4.69) is 11.9 Å². The van der Waals surface area contributed by atoms with Gasteiger partial charge in [0.25, 0.3) is 0 Å². The fraction of sp³-hybridized carbons (Fsp3) is 0.615. The summed E-state index contributed by atoms with van der Waals surface area (Å²) in [6, 6.07) is 1.98. The molecular weight excluding hydrogens is 202 g/mol. The predicted molar refractivity (Wildman–Crippen MR) is 63.0 cm³/mol. The molecule has 88 valence electrons. The molecule has 1 aromatic heterocycles. The van der Waals surface area contributed by atoms with Gasteiger partial charge in [-0.3, -0.25) is 4.98 Å². The van der Waals surface area contributed by atoms with Gasteiger partial charge in [-0.15, -0.1) is 0 Å². The van der Waals surface area contributed by atoms with Crippen LogP contribution < -0.4 is 9.47 Å². The van der Waals surface area contributed by atoms with Gasteiger partial charge >= 0.3 is 0 Å². The maximum atomic E-state index is 5.77. The van der Waals surface area contributed by atoms with Crippen LogP contribution in [0.1, 0.15) is 39.3 Å². The van der Waals surface area contributed by atoms with E-state index in [1.165, 1.54) is 0 Å². The lowest BCUT2D eigenvalue weighted by atomic mass is 10.2. The number of hydrogen-bond acceptors (Lipinski definition) is 3. The second-order valence-corrected chi connectivity index (χ2v) is 4.46. The first-order valence-corrected chi connectivity index (χ1v) is 6.01. The lowest BCUT2D eigenvalue weighted by Crippen LogP contribution is -2.09. The van der Waals surface area contributed by atoms with Gasteiger partial charge in [-0.05, 0) is 33.1 Å². The second-order valence-electron chi connectivity index (χ2n) is 4.46. The van der Waals surface area contributed by atoms with Crippen LogP contribution >= 0.6 is 0 Å². The monoisotopic (exact) mass is 221 g/mol. The fourth-order valence-electron chi connectivity index (χ4n) is 1.46. The van der Waals surface area contributed by atoms with Crippen LogP contribution in [0.4, 0.5) is 0 Å².